The summed E-state index contributed by atoms with van der Waals surface area (Å²) in [5, 5.41) is 9.57. The molecule has 8 heteroatoms. The molecule has 1 aliphatic rings. The number of carbonyl (C=O) groups is 1. The number of methoxy groups -OCH3 is 3. The Kier molecular flexibility index (Phi) is 9.61. The van der Waals surface area contributed by atoms with Crippen LogP contribution in [0.15, 0.2) is 0 Å². The third-order valence-corrected chi connectivity index (χ3v) is 3.87. The standard InChI is InChI=1S/C15H28O8/c1-10-5-12(23-11(10)6-14(17)20-4)15(22-9-19-3)13(7-16)21-8-18-2/h10-13,15-16H,5-9H2,1-4H3/t10-,11+,12-,13-,15+/m1/s1. The van der Waals surface area contributed by atoms with Crippen LogP contribution in [-0.4, -0.2) is 77.0 Å². The van der Waals surface area contributed by atoms with Gasteiger partial charge < -0.3 is 33.5 Å². The maximum absolute atomic E-state index is 11.5. The first-order valence-corrected chi connectivity index (χ1v) is 7.61. The summed E-state index contributed by atoms with van der Waals surface area (Å²) < 4.78 is 31.6. The topological polar surface area (TPSA) is 92.7 Å². The van der Waals surface area contributed by atoms with Gasteiger partial charge in [-0.25, -0.2) is 0 Å². The van der Waals surface area contributed by atoms with Gasteiger partial charge in [-0.1, -0.05) is 6.92 Å². The molecule has 1 fully saturated rings. The molecule has 136 valence electrons. The van der Waals surface area contributed by atoms with E-state index >= 15 is 0 Å². The molecule has 0 amide bonds. The predicted molar refractivity (Wildman–Crippen MR) is 79.7 cm³/mol. The summed E-state index contributed by atoms with van der Waals surface area (Å²) in [5.74, 6) is -0.152. The summed E-state index contributed by atoms with van der Waals surface area (Å²) in [6.07, 6.45) is -0.831. The molecule has 0 spiro atoms. The van der Waals surface area contributed by atoms with E-state index in [-0.39, 0.29) is 50.7 Å². The highest BCUT2D eigenvalue weighted by Gasteiger charge is 2.41. The molecule has 0 unspecified atom stereocenters. The Bertz CT molecular complexity index is 337. The monoisotopic (exact) mass is 336 g/mol. The van der Waals surface area contributed by atoms with E-state index in [9.17, 15) is 9.90 Å². The maximum atomic E-state index is 11.5. The Morgan fingerprint density at radius 3 is 2.43 bits per heavy atom. The van der Waals surface area contributed by atoms with Gasteiger partial charge in [0.15, 0.2) is 0 Å². The number of ether oxygens (including phenoxy) is 6. The molecule has 0 aromatic carbocycles. The molecular formula is C15H28O8. The van der Waals surface area contributed by atoms with Crippen molar-refractivity contribution in [2.75, 3.05) is 41.5 Å². The molecule has 8 nitrogen and oxygen atoms in total. The van der Waals surface area contributed by atoms with Crippen molar-refractivity contribution in [2.45, 2.75) is 44.2 Å². The van der Waals surface area contributed by atoms with Gasteiger partial charge >= 0.3 is 5.97 Å². The fourth-order valence-corrected chi connectivity index (χ4v) is 2.65. The van der Waals surface area contributed by atoms with Gasteiger partial charge in [0.25, 0.3) is 0 Å². The fourth-order valence-electron chi connectivity index (χ4n) is 2.65. The van der Waals surface area contributed by atoms with E-state index in [2.05, 4.69) is 0 Å². The molecule has 0 aliphatic carbocycles. The highest BCUT2D eigenvalue weighted by Crippen LogP contribution is 2.32. The molecule has 5 atom stereocenters. The van der Waals surface area contributed by atoms with Crippen LogP contribution in [0, 0.1) is 5.92 Å². The number of carbonyl (C=O) groups excluding carboxylic acids is 1. The maximum Gasteiger partial charge on any atom is 0.308 e. The second kappa shape index (κ2) is 10.9. The van der Waals surface area contributed by atoms with Gasteiger partial charge in [0.1, 0.15) is 25.8 Å². The van der Waals surface area contributed by atoms with E-state index in [1.807, 2.05) is 6.92 Å². The fraction of sp³-hybridized carbons (Fsp3) is 0.933. The smallest absolute Gasteiger partial charge is 0.308 e. The van der Waals surface area contributed by atoms with Crippen molar-refractivity contribution >= 4 is 5.97 Å². The summed E-state index contributed by atoms with van der Waals surface area (Å²) in [6.45, 7) is 1.85. The van der Waals surface area contributed by atoms with Crippen molar-refractivity contribution in [1.29, 1.82) is 0 Å². The minimum atomic E-state index is -0.612. The van der Waals surface area contributed by atoms with Gasteiger partial charge in [-0.2, -0.15) is 0 Å². The molecule has 1 rings (SSSR count). The van der Waals surface area contributed by atoms with Crippen molar-refractivity contribution in [2.24, 2.45) is 5.92 Å². The SMILES string of the molecule is COCO[C@H]([C@@H](CO)OCOC)[C@H]1C[C@@H](C)[C@H](CC(=O)OC)O1. The van der Waals surface area contributed by atoms with E-state index in [0.717, 1.165) is 0 Å². The Morgan fingerprint density at radius 2 is 1.87 bits per heavy atom. The van der Waals surface area contributed by atoms with Crippen LogP contribution in [-0.2, 0) is 33.2 Å². The molecule has 1 saturated heterocycles. The molecule has 0 bridgehead atoms. The van der Waals surface area contributed by atoms with Crippen LogP contribution in [0.1, 0.15) is 19.8 Å². The average Bonchev–Trinajstić information content (AvgIpc) is 2.90. The molecule has 1 aliphatic heterocycles. The Hall–Kier alpha value is -0.770. The number of hydrogen-bond acceptors (Lipinski definition) is 8. The zero-order valence-corrected chi connectivity index (χ0v) is 14.2. The molecule has 1 N–H and O–H groups in total. The van der Waals surface area contributed by atoms with E-state index in [4.69, 9.17) is 28.4 Å². The lowest BCUT2D eigenvalue weighted by molar-refractivity contribution is -0.199. The summed E-state index contributed by atoms with van der Waals surface area (Å²) in [7, 11) is 4.36. The molecule has 0 aromatic rings. The highest BCUT2D eigenvalue weighted by atomic mass is 16.7. The highest BCUT2D eigenvalue weighted by molar-refractivity contribution is 5.69. The minimum Gasteiger partial charge on any atom is -0.469 e. The number of aliphatic hydroxyl groups excluding tert-OH is 1. The van der Waals surface area contributed by atoms with Crippen LogP contribution < -0.4 is 0 Å². The molecule has 23 heavy (non-hydrogen) atoms. The number of hydrogen-bond donors (Lipinski definition) is 1. The second-order valence-electron chi connectivity index (χ2n) is 5.54. The first kappa shape index (κ1) is 20.3. The third kappa shape index (κ3) is 6.33. The lowest BCUT2D eigenvalue weighted by atomic mass is 9.96. The molecule has 0 saturated carbocycles. The van der Waals surface area contributed by atoms with Gasteiger partial charge in [0, 0.05) is 14.2 Å². The van der Waals surface area contributed by atoms with Crippen molar-refractivity contribution in [3.05, 3.63) is 0 Å². The molecule has 0 radical (unpaired) electrons. The van der Waals surface area contributed by atoms with E-state index in [1.165, 1.54) is 21.3 Å². The third-order valence-electron chi connectivity index (χ3n) is 3.87. The Balaban J connectivity index is 2.71. The van der Waals surface area contributed by atoms with Crippen LogP contribution in [0.25, 0.3) is 0 Å². The van der Waals surface area contributed by atoms with Crippen LogP contribution in [0.2, 0.25) is 0 Å². The zero-order chi connectivity index (χ0) is 17.2. The van der Waals surface area contributed by atoms with Crippen molar-refractivity contribution < 1.29 is 38.3 Å². The second-order valence-corrected chi connectivity index (χ2v) is 5.54. The summed E-state index contributed by atoms with van der Waals surface area (Å²) in [4.78, 5) is 11.5. The first-order chi connectivity index (χ1) is 11.1. The van der Waals surface area contributed by atoms with Crippen molar-refractivity contribution in [3.8, 4) is 0 Å². The molecule has 1 heterocycles. The van der Waals surface area contributed by atoms with Gasteiger partial charge in [0.05, 0.1) is 32.3 Å². The predicted octanol–water partition coefficient (Wildman–Crippen LogP) is 0.314. The van der Waals surface area contributed by atoms with Crippen LogP contribution in [0.4, 0.5) is 0 Å². The van der Waals surface area contributed by atoms with Gasteiger partial charge in [-0.15, -0.1) is 0 Å². The van der Waals surface area contributed by atoms with E-state index < -0.39 is 12.2 Å². The normalized spacial score (nSPS) is 26.9. The lowest BCUT2D eigenvalue weighted by Gasteiger charge is -2.30. The summed E-state index contributed by atoms with van der Waals surface area (Å²) in [6, 6.07) is 0. The Morgan fingerprint density at radius 1 is 1.22 bits per heavy atom. The van der Waals surface area contributed by atoms with Crippen molar-refractivity contribution in [3.63, 3.8) is 0 Å². The Labute approximate surface area is 136 Å². The minimum absolute atomic E-state index is 0.0337. The van der Waals surface area contributed by atoms with Gasteiger partial charge in [0.2, 0.25) is 0 Å². The van der Waals surface area contributed by atoms with E-state index in [0.29, 0.717) is 6.42 Å². The van der Waals surface area contributed by atoms with Crippen LogP contribution in [0.5, 0.6) is 0 Å². The molecule has 0 aromatic heterocycles. The largest absolute Gasteiger partial charge is 0.469 e. The van der Waals surface area contributed by atoms with E-state index in [1.54, 1.807) is 0 Å². The quantitative estimate of drug-likeness (QED) is 0.426. The lowest BCUT2D eigenvalue weighted by Crippen LogP contribution is -2.44. The average molecular weight is 336 g/mol. The van der Waals surface area contributed by atoms with Gasteiger partial charge in [-0.3, -0.25) is 4.79 Å². The summed E-state index contributed by atoms with van der Waals surface area (Å²) in [5.41, 5.74) is 0. The van der Waals surface area contributed by atoms with Crippen molar-refractivity contribution in [1.82, 2.24) is 0 Å². The van der Waals surface area contributed by atoms with Gasteiger partial charge in [-0.05, 0) is 12.3 Å². The first-order valence-electron chi connectivity index (χ1n) is 7.61. The zero-order valence-electron chi connectivity index (χ0n) is 14.2. The summed E-state index contributed by atoms with van der Waals surface area (Å²) >= 11 is 0. The number of esters is 1. The van der Waals surface area contributed by atoms with Crippen LogP contribution >= 0.6 is 0 Å². The number of rotatable bonds is 11. The molecular weight excluding hydrogens is 308 g/mol. The number of aliphatic hydroxyl groups is 1. The van der Waals surface area contributed by atoms with Crippen LogP contribution in [0.3, 0.4) is 0 Å².